The maximum Gasteiger partial charge on any atom is 0.303 e. The first kappa shape index (κ1) is 22.3. The van der Waals surface area contributed by atoms with Gasteiger partial charge in [0.1, 0.15) is 5.92 Å². The van der Waals surface area contributed by atoms with Crippen LogP contribution in [0, 0.1) is 5.92 Å². The quantitative estimate of drug-likeness (QED) is 0.474. The number of unbranched alkanes of at least 4 members (excludes halogenated alkanes) is 1. The van der Waals surface area contributed by atoms with E-state index in [2.05, 4.69) is 5.32 Å². The fraction of sp³-hybridized carbons (Fsp3) is 0.222. The number of carboxylic acid groups (broad SMARTS) is 1. The number of rotatable bonds is 9. The topological polar surface area (TPSA) is 82.0 Å². The summed E-state index contributed by atoms with van der Waals surface area (Å²) in [6.45, 7) is 0.428. The van der Waals surface area contributed by atoms with Crippen LogP contribution in [0.1, 0.15) is 36.4 Å². The van der Waals surface area contributed by atoms with Crippen LogP contribution in [0.15, 0.2) is 96.1 Å². The van der Waals surface area contributed by atoms with Gasteiger partial charge in [0, 0.05) is 13.0 Å². The first-order valence-corrected chi connectivity index (χ1v) is 11.2. The van der Waals surface area contributed by atoms with Crippen LogP contribution in [0.3, 0.4) is 0 Å². The Morgan fingerprint density at radius 1 is 0.848 bits per heavy atom. The SMILES string of the molecule is O=C(O)CCCCNC(=O)C1C(c2ccccc2)=NN(c2ccccc2)C1c1ccccc1. The molecular formula is C27H27N3O3. The molecule has 0 saturated heterocycles. The number of aliphatic carboxylic acids is 1. The number of benzene rings is 3. The van der Waals surface area contributed by atoms with Crippen LogP contribution in [-0.4, -0.2) is 29.2 Å². The third kappa shape index (κ3) is 5.29. The molecule has 0 spiro atoms. The first-order valence-electron chi connectivity index (χ1n) is 11.2. The van der Waals surface area contributed by atoms with Crippen LogP contribution >= 0.6 is 0 Å². The number of para-hydroxylation sites is 1. The number of carbonyl (C=O) groups is 2. The highest BCUT2D eigenvalue weighted by molar-refractivity contribution is 6.15. The number of hydrogen-bond donors (Lipinski definition) is 2. The minimum atomic E-state index is -0.821. The number of hydrogen-bond acceptors (Lipinski definition) is 4. The molecule has 2 N–H and O–H groups in total. The lowest BCUT2D eigenvalue weighted by molar-refractivity contribution is -0.137. The second-order valence-electron chi connectivity index (χ2n) is 8.01. The Hall–Kier alpha value is -3.93. The van der Waals surface area contributed by atoms with E-state index in [4.69, 9.17) is 10.2 Å². The molecule has 3 aromatic carbocycles. The van der Waals surface area contributed by atoms with Crippen molar-refractivity contribution >= 4 is 23.3 Å². The van der Waals surface area contributed by atoms with Crippen molar-refractivity contribution in [3.63, 3.8) is 0 Å². The fourth-order valence-corrected chi connectivity index (χ4v) is 4.15. The summed E-state index contributed by atoms with van der Waals surface area (Å²) in [7, 11) is 0. The molecule has 6 heteroatoms. The summed E-state index contributed by atoms with van der Waals surface area (Å²) in [5.74, 6) is -1.45. The number of amides is 1. The summed E-state index contributed by atoms with van der Waals surface area (Å²) < 4.78 is 0. The summed E-state index contributed by atoms with van der Waals surface area (Å²) in [4.78, 5) is 24.3. The van der Waals surface area contributed by atoms with E-state index in [9.17, 15) is 9.59 Å². The predicted molar refractivity (Wildman–Crippen MR) is 129 cm³/mol. The highest BCUT2D eigenvalue weighted by Crippen LogP contribution is 2.40. The van der Waals surface area contributed by atoms with Crippen molar-refractivity contribution in [2.75, 3.05) is 11.6 Å². The zero-order valence-corrected chi connectivity index (χ0v) is 18.3. The van der Waals surface area contributed by atoms with Crippen LogP contribution in [0.4, 0.5) is 5.69 Å². The minimum absolute atomic E-state index is 0.102. The van der Waals surface area contributed by atoms with Gasteiger partial charge in [0.2, 0.25) is 5.91 Å². The van der Waals surface area contributed by atoms with Crippen LogP contribution in [0.25, 0.3) is 0 Å². The molecule has 0 saturated carbocycles. The summed E-state index contributed by atoms with van der Waals surface area (Å²) in [5.41, 5.74) is 3.54. The lowest BCUT2D eigenvalue weighted by Crippen LogP contribution is -2.39. The number of carboxylic acids is 1. The largest absolute Gasteiger partial charge is 0.481 e. The average Bonchev–Trinajstić information content (AvgIpc) is 3.26. The molecular weight excluding hydrogens is 414 g/mol. The smallest absolute Gasteiger partial charge is 0.303 e. The maximum atomic E-state index is 13.6. The highest BCUT2D eigenvalue weighted by Gasteiger charge is 2.43. The summed E-state index contributed by atoms with van der Waals surface area (Å²) in [5, 5.41) is 18.8. The third-order valence-electron chi connectivity index (χ3n) is 5.72. The summed E-state index contributed by atoms with van der Waals surface area (Å²) in [6.07, 6.45) is 1.24. The number of nitrogens with one attached hydrogen (secondary N) is 1. The number of carbonyl (C=O) groups excluding carboxylic acids is 1. The second-order valence-corrected chi connectivity index (χ2v) is 8.01. The van der Waals surface area contributed by atoms with Crippen molar-refractivity contribution < 1.29 is 14.7 Å². The molecule has 6 nitrogen and oxygen atoms in total. The molecule has 168 valence electrons. The molecule has 0 aromatic heterocycles. The van der Waals surface area contributed by atoms with Gasteiger partial charge in [0.15, 0.2) is 0 Å². The Labute approximate surface area is 193 Å². The van der Waals surface area contributed by atoms with E-state index >= 15 is 0 Å². The fourth-order valence-electron chi connectivity index (χ4n) is 4.15. The molecule has 0 bridgehead atoms. The molecule has 0 aliphatic carbocycles. The van der Waals surface area contributed by atoms with E-state index in [-0.39, 0.29) is 18.4 Å². The Morgan fingerprint density at radius 2 is 1.45 bits per heavy atom. The number of nitrogens with zero attached hydrogens (tertiary/aromatic N) is 2. The van der Waals surface area contributed by atoms with Crippen molar-refractivity contribution in [1.82, 2.24) is 5.32 Å². The van der Waals surface area contributed by atoms with Crippen molar-refractivity contribution in [3.05, 3.63) is 102 Å². The maximum absolute atomic E-state index is 13.6. The van der Waals surface area contributed by atoms with Crippen LogP contribution < -0.4 is 10.3 Å². The molecule has 0 fully saturated rings. The van der Waals surface area contributed by atoms with E-state index in [0.29, 0.717) is 19.4 Å². The molecule has 2 atom stereocenters. The van der Waals surface area contributed by atoms with E-state index in [0.717, 1.165) is 22.5 Å². The minimum Gasteiger partial charge on any atom is -0.481 e. The summed E-state index contributed by atoms with van der Waals surface area (Å²) >= 11 is 0. The van der Waals surface area contributed by atoms with E-state index in [1.54, 1.807) is 0 Å². The van der Waals surface area contributed by atoms with Crippen molar-refractivity contribution in [3.8, 4) is 0 Å². The van der Waals surface area contributed by atoms with E-state index in [1.165, 1.54) is 0 Å². The van der Waals surface area contributed by atoms with Crippen LogP contribution in [-0.2, 0) is 9.59 Å². The highest BCUT2D eigenvalue weighted by atomic mass is 16.4. The zero-order valence-electron chi connectivity index (χ0n) is 18.3. The molecule has 0 radical (unpaired) electrons. The second kappa shape index (κ2) is 10.6. The van der Waals surface area contributed by atoms with Crippen molar-refractivity contribution in [2.24, 2.45) is 11.0 Å². The standard InChI is InChI=1S/C27H27N3O3/c31-23(32)18-10-11-19-28-27(33)24-25(20-12-4-1-5-13-20)29-30(22-16-8-3-9-17-22)26(24)21-14-6-2-7-15-21/h1-9,12-17,24,26H,10-11,18-19H2,(H,28,33)(H,31,32). The number of anilines is 1. The Morgan fingerprint density at radius 3 is 2.09 bits per heavy atom. The van der Waals surface area contributed by atoms with Gasteiger partial charge in [0.05, 0.1) is 17.4 Å². The van der Waals surface area contributed by atoms with Gasteiger partial charge in [-0.3, -0.25) is 14.6 Å². The van der Waals surface area contributed by atoms with Crippen molar-refractivity contribution in [2.45, 2.75) is 25.3 Å². The van der Waals surface area contributed by atoms with Gasteiger partial charge in [-0.05, 0) is 36.1 Å². The van der Waals surface area contributed by atoms with Gasteiger partial charge in [-0.2, -0.15) is 5.10 Å². The molecule has 1 aliphatic rings. The zero-order chi connectivity index (χ0) is 23.0. The molecule has 2 unspecified atom stereocenters. The Kier molecular flexibility index (Phi) is 7.15. The lowest BCUT2D eigenvalue weighted by atomic mass is 9.86. The number of hydrazone groups is 1. The van der Waals surface area contributed by atoms with E-state index < -0.39 is 11.9 Å². The molecule has 3 aromatic rings. The first-order chi connectivity index (χ1) is 16.1. The van der Waals surface area contributed by atoms with Gasteiger partial charge in [-0.1, -0.05) is 78.9 Å². The lowest BCUT2D eigenvalue weighted by Gasteiger charge is -2.28. The van der Waals surface area contributed by atoms with Crippen molar-refractivity contribution in [1.29, 1.82) is 0 Å². The third-order valence-corrected chi connectivity index (χ3v) is 5.72. The molecule has 1 aliphatic heterocycles. The van der Waals surface area contributed by atoms with Gasteiger partial charge < -0.3 is 10.4 Å². The van der Waals surface area contributed by atoms with Gasteiger partial charge in [-0.15, -0.1) is 0 Å². The Bertz CT molecular complexity index is 1100. The summed E-state index contributed by atoms with van der Waals surface area (Å²) in [6, 6.07) is 29.3. The molecule has 1 amide bonds. The molecule has 33 heavy (non-hydrogen) atoms. The van der Waals surface area contributed by atoms with E-state index in [1.807, 2.05) is 96.0 Å². The van der Waals surface area contributed by atoms with Gasteiger partial charge in [0.25, 0.3) is 0 Å². The monoisotopic (exact) mass is 441 g/mol. The normalized spacial score (nSPS) is 17.5. The Balaban J connectivity index is 1.68. The average molecular weight is 442 g/mol. The van der Waals surface area contributed by atoms with Gasteiger partial charge >= 0.3 is 5.97 Å². The van der Waals surface area contributed by atoms with Crippen LogP contribution in [0.5, 0.6) is 0 Å². The molecule has 1 heterocycles. The van der Waals surface area contributed by atoms with Crippen LogP contribution in [0.2, 0.25) is 0 Å². The molecule has 4 rings (SSSR count). The van der Waals surface area contributed by atoms with Gasteiger partial charge in [-0.25, -0.2) is 0 Å². The predicted octanol–water partition coefficient (Wildman–Crippen LogP) is 4.64.